The van der Waals surface area contributed by atoms with Crippen LogP contribution in [0, 0.1) is 5.82 Å². The van der Waals surface area contributed by atoms with E-state index in [2.05, 4.69) is 0 Å². The quantitative estimate of drug-likeness (QED) is 0.813. The van der Waals surface area contributed by atoms with E-state index < -0.39 is 5.82 Å². The van der Waals surface area contributed by atoms with E-state index in [-0.39, 0.29) is 11.9 Å². The highest BCUT2D eigenvalue weighted by Crippen LogP contribution is 2.23. The van der Waals surface area contributed by atoms with E-state index in [0.29, 0.717) is 18.9 Å². The fourth-order valence-electron chi connectivity index (χ4n) is 1.10. The van der Waals surface area contributed by atoms with E-state index in [1.54, 1.807) is 12.1 Å². The van der Waals surface area contributed by atoms with Crippen LogP contribution in [0.25, 0.3) is 0 Å². The summed E-state index contributed by atoms with van der Waals surface area (Å²) in [5.41, 5.74) is 5.27. The summed E-state index contributed by atoms with van der Waals surface area (Å²) < 4.78 is 23.8. The first kappa shape index (κ1) is 11.8. The van der Waals surface area contributed by atoms with Crippen molar-refractivity contribution in [2.75, 3.05) is 13.2 Å². The van der Waals surface area contributed by atoms with Crippen molar-refractivity contribution in [3.63, 3.8) is 0 Å². The number of ether oxygens (including phenoxy) is 2. The highest BCUT2D eigenvalue weighted by Gasteiger charge is 2.06. The first-order valence-corrected chi connectivity index (χ1v) is 4.92. The lowest BCUT2D eigenvalue weighted by Crippen LogP contribution is -2.11. The van der Waals surface area contributed by atoms with Crippen LogP contribution in [-0.4, -0.2) is 19.3 Å². The SMILES string of the molecule is CC(C)Oc1ccc(OCCN)cc1F. The third kappa shape index (κ3) is 3.75. The first-order valence-electron chi connectivity index (χ1n) is 4.92. The van der Waals surface area contributed by atoms with Crippen molar-refractivity contribution < 1.29 is 13.9 Å². The third-order valence-electron chi connectivity index (χ3n) is 1.65. The Bertz CT molecular complexity index is 315. The topological polar surface area (TPSA) is 44.5 Å². The summed E-state index contributed by atoms with van der Waals surface area (Å²) in [6.45, 7) is 4.48. The normalized spacial score (nSPS) is 10.5. The number of benzene rings is 1. The Kier molecular flexibility index (Phi) is 4.37. The molecule has 0 heterocycles. The summed E-state index contributed by atoms with van der Waals surface area (Å²) in [4.78, 5) is 0. The van der Waals surface area contributed by atoms with Crippen molar-refractivity contribution >= 4 is 0 Å². The fourth-order valence-corrected chi connectivity index (χ4v) is 1.10. The molecular formula is C11H16FNO2. The van der Waals surface area contributed by atoms with Gasteiger partial charge in [0, 0.05) is 12.6 Å². The van der Waals surface area contributed by atoms with E-state index in [9.17, 15) is 4.39 Å². The molecule has 0 unspecified atom stereocenters. The predicted molar refractivity (Wildman–Crippen MR) is 56.7 cm³/mol. The monoisotopic (exact) mass is 213 g/mol. The Morgan fingerprint density at radius 3 is 2.67 bits per heavy atom. The molecule has 0 bridgehead atoms. The van der Waals surface area contributed by atoms with Gasteiger partial charge in [-0.1, -0.05) is 0 Å². The van der Waals surface area contributed by atoms with Crippen molar-refractivity contribution in [2.24, 2.45) is 5.73 Å². The van der Waals surface area contributed by atoms with Crippen LogP contribution in [0.3, 0.4) is 0 Å². The van der Waals surface area contributed by atoms with Crippen molar-refractivity contribution in [1.82, 2.24) is 0 Å². The summed E-state index contributed by atoms with van der Waals surface area (Å²) >= 11 is 0. The largest absolute Gasteiger partial charge is 0.492 e. The summed E-state index contributed by atoms with van der Waals surface area (Å²) in [7, 11) is 0. The fraction of sp³-hybridized carbons (Fsp3) is 0.455. The number of halogens is 1. The summed E-state index contributed by atoms with van der Waals surface area (Å²) in [5.74, 6) is 0.289. The minimum absolute atomic E-state index is 0.0460. The molecule has 0 spiro atoms. The van der Waals surface area contributed by atoms with E-state index in [1.165, 1.54) is 6.07 Å². The average molecular weight is 213 g/mol. The van der Waals surface area contributed by atoms with E-state index in [4.69, 9.17) is 15.2 Å². The van der Waals surface area contributed by atoms with Gasteiger partial charge in [-0.3, -0.25) is 0 Å². The maximum absolute atomic E-state index is 13.4. The molecular weight excluding hydrogens is 197 g/mol. The molecule has 0 atom stereocenters. The second kappa shape index (κ2) is 5.56. The Labute approximate surface area is 89.0 Å². The molecule has 15 heavy (non-hydrogen) atoms. The highest BCUT2D eigenvalue weighted by atomic mass is 19.1. The van der Waals surface area contributed by atoms with Gasteiger partial charge in [0.2, 0.25) is 0 Å². The molecule has 3 nitrogen and oxygen atoms in total. The lowest BCUT2D eigenvalue weighted by molar-refractivity contribution is 0.230. The predicted octanol–water partition coefficient (Wildman–Crippen LogP) is 1.95. The van der Waals surface area contributed by atoms with Gasteiger partial charge in [-0.05, 0) is 26.0 Å². The molecule has 0 radical (unpaired) electrons. The molecule has 84 valence electrons. The third-order valence-corrected chi connectivity index (χ3v) is 1.65. The van der Waals surface area contributed by atoms with Gasteiger partial charge in [-0.15, -0.1) is 0 Å². The van der Waals surface area contributed by atoms with Crippen LogP contribution in [0.15, 0.2) is 18.2 Å². The van der Waals surface area contributed by atoms with E-state index in [0.717, 1.165) is 0 Å². The molecule has 0 aliphatic carbocycles. The maximum Gasteiger partial charge on any atom is 0.168 e. The van der Waals surface area contributed by atoms with Crippen molar-refractivity contribution in [3.8, 4) is 11.5 Å². The zero-order valence-electron chi connectivity index (χ0n) is 9.00. The van der Waals surface area contributed by atoms with E-state index in [1.807, 2.05) is 13.8 Å². The Balaban J connectivity index is 2.70. The molecule has 2 N–H and O–H groups in total. The Hall–Kier alpha value is -1.29. The highest BCUT2D eigenvalue weighted by molar-refractivity contribution is 5.33. The lowest BCUT2D eigenvalue weighted by atomic mass is 10.3. The second-order valence-corrected chi connectivity index (χ2v) is 3.40. The van der Waals surface area contributed by atoms with Gasteiger partial charge in [0.1, 0.15) is 12.4 Å². The van der Waals surface area contributed by atoms with Crippen LogP contribution < -0.4 is 15.2 Å². The smallest absolute Gasteiger partial charge is 0.168 e. The molecule has 0 aliphatic heterocycles. The van der Waals surface area contributed by atoms with Crippen LogP contribution in [0.1, 0.15) is 13.8 Å². The molecule has 1 aromatic rings. The molecule has 0 aromatic heterocycles. The van der Waals surface area contributed by atoms with E-state index >= 15 is 0 Å². The standard InChI is InChI=1S/C11H16FNO2/c1-8(2)15-11-4-3-9(7-10(11)12)14-6-5-13/h3-4,7-8H,5-6,13H2,1-2H3. The zero-order valence-corrected chi connectivity index (χ0v) is 9.00. The minimum Gasteiger partial charge on any atom is -0.492 e. The van der Waals surface area contributed by atoms with Crippen molar-refractivity contribution in [1.29, 1.82) is 0 Å². The number of hydrogen-bond acceptors (Lipinski definition) is 3. The van der Waals surface area contributed by atoms with Crippen molar-refractivity contribution in [2.45, 2.75) is 20.0 Å². The van der Waals surface area contributed by atoms with Crippen LogP contribution in [0.5, 0.6) is 11.5 Å². The van der Waals surface area contributed by atoms with Gasteiger partial charge in [0.25, 0.3) is 0 Å². The minimum atomic E-state index is -0.418. The summed E-state index contributed by atoms with van der Waals surface area (Å²) in [6, 6.07) is 4.52. The zero-order chi connectivity index (χ0) is 11.3. The number of hydrogen-bond donors (Lipinski definition) is 1. The van der Waals surface area contributed by atoms with Gasteiger partial charge in [-0.2, -0.15) is 0 Å². The molecule has 0 amide bonds. The second-order valence-electron chi connectivity index (χ2n) is 3.40. The molecule has 0 saturated heterocycles. The van der Waals surface area contributed by atoms with Gasteiger partial charge in [0.15, 0.2) is 11.6 Å². The van der Waals surface area contributed by atoms with Gasteiger partial charge >= 0.3 is 0 Å². The Morgan fingerprint density at radius 2 is 2.13 bits per heavy atom. The summed E-state index contributed by atoms with van der Waals surface area (Å²) in [5, 5.41) is 0. The molecule has 0 saturated carbocycles. The number of rotatable bonds is 5. The Morgan fingerprint density at radius 1 is 1.40 bits per heavy atom. The van der Waals surface area contributed by atoms with Gasteiger partial charge in [0.05, 0.1) is 6.10 Å². The van der Waals surface area contributed by atoms with Crippen LogP contribution in [0.4, 0.5) is 4.39 Å². The molecule has 0 fully saturated rings. The molecule has 0 aliphatic rings. The molecule has 1 aromatic carbocycles. The molecule has 4 heteroatoms. The summed E-state index contributed by atoms with van der Waals surface area (Å²) in [6.07, 6.45) is -0.0460. The average Bonchev–Trinajstić information content (AvgIpc) is 2.18. The number of nitrogens with two attached hydrogens (primary N) is 1. The van der Waals surface area contributed by atoms with Crippen LogP contribution in [-0.2, 0) is 0 Å². The first-order chi connectivity index (χ1) is 7.13. The lowest BCUT2D eigenvalue weighted by Gasteiger charge is -2.11. The van der Waals surface area contributed by atoms with Crippen LogP contribution >= 0.6 is 0 Å². The van der Waals surface area contributed by atoms with Crippen molar-refractivity contribution in [3.05, 3.63) is 24.0 Å². The van der Waals surface area contributed by atoms with Crippen LogP contribution in [0.2, 0.25) is 0 Å². The van der Waals surface area contributed by atoms with Gasteiger partial charge < -0.3 is 15.2 Å². The maximum atomic E-state index is 13.4. The van der Waals surface area contributed by atoms with Gasteiger partial charge in [-0.25, -0.2) is 4.39 Å². The molecule has 1 rings (SSSR count).